The Kier molecular flexibility index (Phi) is 10.9. The number of aryl methyl sites for hydroxylation is 1. The molecule has 2 unspecified atom stereocenters. The van der Waals surface area contributed by atoms with Crippen LogP contribution in [0.5, 0.6) is 5.75 Å². The predicted molar refractivity (Wildman–Crippen MR) is 183 cm³/mol. The fourth-order valence-electron chi connectivity index (χ4n) is 6.70. The molecule has 0 heterocycles. The van der Waals surface area contributed by atoms with Gasteiger partial charge in [0.05, 0.1) is 6.61 Å². The smallest absolute Gasteiger partial charge is 0.126 e. The van der Waals surface area contributed by atoms with Crippen LogP contribution in [0.2, 0.25) is 0 Å². The van der Waals surface area contributed by atoms with E-state index in [2.05, 4.69) is 109 Å². The highest BCUT2D eigenvalue weighted by Gasteiger charge is 2.27. The lowest BCUT2D eigenvalue weighted by molar-refractivity contribution is 0.126. The summed E-state index contributed by atoms with van der Waals surface area (Å²) < 4.78 is 6.70. The fraction of sp³-hybridized carbons (Fsp3) is 0.514. The molecular formula is C37H52OP2. The van der Waals surface area contributed by atoms with Crippen LogP contribution in [0, 0.1) is 25.2 Å². The quantitative estimate of drug-likeness (QED) is 0.207. The highest BCUT2D eigenvalue weighted by Crippen LogP contribution is 2.41. The summed E-state index contributed by atoms with van der Waals surface area (Å²) in [5.41, 5.74) is 12.3. The molecule has 0 aromatic heterocycles. The van der Waals surface area contributed by atoms with Crippen LogP contribution in [-0.2, 0) is 12.3 Å². The van der Waals surface area contributed by atoms with Crippen LogP contribution in [0.1, 0.15) is 106 Å². The lowest BCUT2D eigenvalue weighted by Gasteiger charge is -2.31. The Bertz CT molecular complexity index is 1260. The third-order valence-electron chi connectivity index (χ3n) is 10.2. The molecule has 0 amide bonds. The van der Waals surface area contributed by atoms with E-state index in [0.29, 0.717) is 0 Å². The number of ether oxygens (including phenoxy) is 1. The Labute approximate surface area is 249 Å². The van der Waals surface area contributed by atoms with Crippen molar-refractivity contribution in [1.29, 1.82) is 0 Å². The van der Waals surface area contributed by atoms with Gasteiger partial charge >= 0.3 is 0 Å². The zero-order chi connectivity index (χ0) is 28.9. The molecule has 2 atom stereocenters. The van der Waals surface area contributed by atoms with E-state index in [1.165, 1.54) is 75.8 Å². The van der Waals surface area contributed by atoms with E-state index in [9.17, 15) is 0 Å². The van der Waals surface area contributed by atoms with Crippen LogP contribution in [0.3, 0.4) is 0 Å². The van der Waals surface area contributed by atoms with Gasteiger partial charge in [0.1, 0.15) is 5.75 Å². The number of hydrogen-bond acceptors (Lipinski definition) is 1. The Morgan fingerprint density at radius 3 is 1.95 bits per heavy atom. The Hall–Kier alpha value is -1.68. The van der Waals surface area contributed by atoms with Gasteiger partial charge in [0.15, 0.2) is 0 Å². The predicted octanol–water partition coefficient (Wildman–Crippen LogP) is 11.3. The van der Waals surface area contributed by atoms with Crippen molar-refractivity contribution in [2.45, 2.75) is 105 Å². The highest BCUT2D eigenvalue weighted by atomic mass is 31.0. The van der Waals surface area contributed by atoms with Crippen LogP contribution in [0.15, 0.2) is 48.5 Å². The molecule has 216 valence electrons. The fourth-order valence-corrected chi connectivity index (χ4v) is 7.49. The Morgan fingerprint density at radius 2 is 1.40 bits per heavy atom. The molecule has 1 aliphatic rings. The summed E-state index contributed by atoms with van der Waals surface area (Å²) in [7, 11) is 5.89. The lowest BCUT2D eigenvalue weighted by Crippen LogP contribution is -2.27. The van der Waals surface area contributed by atoms with Gasteiger partial charge in [-0.15, -0.1) is 18.5 Å². The van der Waals surface area contributed by atoms with Gasteiger partial charge in [0.2, 0.25) is 0 Å². The van der Waals surface area contributed by atoms with Gasteiger partial charge in [-0.2, -0.15) is 0 Å². The van der Waals surface area contributed by atoms with Crippen LogP contribution in [-0.4, -0.2) is 6.61 Å². The summed E-state index contributed by atoms with van der Waals surface area (Å²) in [5.74, 6) is 2.74. The van der Waals surface area contributed by atoms with Crippen molar-refractivity contribution in [3.63, 3.8) is 0 Å². The summed E-state index contributed by atoms with van der Waals surface area (Å²) in [5, 5.41) is 0. The normalized spacial score (nSPS) is 17.7. The third-order valence-corrected chi connectivity index (χ3v) is 11.0. The van der Waals surface area contributed by atoms with E-state index >= 15 is 0 Å². The maximum absolute atomic E-state index is 6.70. The van der Waals surface area contributed by atoms with Crippen LogP contribution in [0.25, 0.3) is 22.3 Å². The van der Waals surface area contributed by atoms with E-state index in [0.717, 1.165) is 55.8 Å². The first-order valence-corrected chi connectivity index (χ1v) is 17.3. The van der Waals surface area contributed by atoms with Crippen molar-refractivity contribution in [2.75, 3.05) is 6.61 Å². The lowest BCUT2D eigenvalue weighted by atomic mass is 9.79. The van der Waals surface area contributed by atoms with Gasteiger partial charge in [-0.3, -0.25) is 0 Å². The minimum absolute atomic E-state index is 0.252. The average molecular weight is 575 g/mol. The van der Waals surface area contributed by atoms with Crippen molar-refractivity contribution < 1.29 is 4.74 Å². The second-order valence-corrected chi connectivity index (χ2v) is 13.2. The van der Waals surface area contributed by atoms with Crippen LogP contribution >= 0.6 is 18.5 Å². The monoisotopic (exact) mass is 574 g/mol. The van der Waals surface area contributed by atoms with Crippen LogP contribution < -0.4 is 4.74 Å². The molecule has 1 saturated carbocycles. The van der Waals surface area contributed by atoms with E-state index in [4.69, 9.17) is 4.74 Å². The molecule has 0 spiro atoms. The maximum Gasteiger partial charge on any atom is 0.126 e. The first-order chi connectivity index (χ1) is 19.3. The topological polar surface area (TPSA) is 9.23 Å². The second-order valence-electron chi connectivity index (χ2n) is 12.4. The minimum atomic E-state index is 0.252. The van der Waals surface area contributed by atoms with Gasteiger partial charge < -0.3 is 4.74 Å². The maximum atomic E-state index is 6.70. The van der Waals surface area contributed by atoms with Gasteiger partial charge in [-0.1, -0.05) is 83.0 Å². The molecule has 3 aromatic carbocycles. The summed E-state index contributed by atoms with van der Waals surface area (Å²) in [6.45, 7) is 14.6. The van der Waals surface area contributed by atoms with E-state index < -0.39 is 0 Å². The first-order valence-electron chi connectivity index (χ1n) is 15.7. The third kappa shape index (κ3) is 6.69. The molecule has 40 heavy (non-hydrogen) atoms. The SMILES string of the molecule is CCC(CC)(CC)COc1c(CP)cc(-c2ccc(-c3ccc(C4CCC(C)CC4)cc3)cc2C)c(C)c1CP. The standard InChI is InChI=1S/C37H52OP2/c1-7-37(8-2,9-3)24-38-36-32(22-39)21-34(27(6)35(36)23-40)33-19-18-31(20-26(33)5)30-16-14-29(15-17-30)28-12-10-25(4)11-13-28/h14-21,25,28H,7-13,22-24,39-40H2,1-6H3. The summed E-state index contributed by atoms with van der Waals surface area (Å²) >= 11 is 0. The molecule has 4 rings (SSSR count). The van der Waals surface area contributed by atoms with Gasteiger partial charge in [-0.25, -0.2) is 0 Å². The minimum Gasteiger partial charge on any atom is -0.492 e. The molecule has 3 aromatic rings. The first kappa shape index (κ1) is 31.3. The zero-order valence-corrected chi connectivity index (χ0v) is 28.2. The van der Waals surface area contributed by atoms with Crippen molar-refractivity contribution in [1.82, 2.24) is 0 Å². The largest absolute Gasteiger partial charge is 0.492 e. The van der Waals surface area contributed by atoms with E-state index in [-0.39, 0.29) is 5.41 Å². The summed E-state index contributed by atoms with van der Waals surface area (Å²) in [6.07, 6.45) is 10.7. The van der Waals surface area contributed by atoms with Crippen molar-refractivity contribution in [3.8, 4) is 28.0 Å². The van der Waals surface area contributed by atoms with E-state index in [1.807, 2.05) is 0 Å². The molecule has 0 N–H and O–H groups in total. The highest BCUT2D eigenvalue weighted by molar-refractivity contribution is 7.15. The number of benzene rings is 3. The Balaban J connectivity index is 1.62. The molecule has 0 saturated heterocycles. The van der Waals surface area contributed by atoms with Gasteiger partial charge in [0, 0.05) is 11.0 Å². The molecule has 1 nitrogen and oxygen atoms in total. The van der Waals surface area contributed by atoms with Crippen LogP contribution in [0.4, 0.5) is 0 Å². The molecule has 3 heteroatoms. The van der Waals surface area contributed by atoms with Crippen molar-refractivity contribution in [3.05, 3.63) is 76.3 Å². The molecule has 0 aliphatic heterocycles. The zero-order valence-electron chi connectivity index (χ0n) is 25.9. The average Bonchev–Trinajstić information content (AvgIpc) is 2.99. The van der Waals surface area contributed by atoms with Crippen molar-refractivity contribution in [2.24, 2.45) is 11.3 Å². The molecule has 0 radical (unpaired) electrons. The summed E-state index contributed by atoms with van der Waals surface area (Å²) in [6, 6.07) is 18.8. The molecule has 1 fully saturated rings. The number of rotatable bonds is 11. The molecule has 0 bridgehead atoms. The Morgan fingerprint density at radius 1 is 0.775 bits per heavy atom. The summed E-state index contributed by atoms with van der Waals surface area (Å²) in [4.78, 5) is 0. The van der Waals surface area contributed by atoms with Gasteiger partial charge in [0.25, 0.3) is 0 Å². The number of hydrogen-bond donors (Lipinski definition) is 0. The molecule has 1 aliphatic carbocycles. The van der Waals surface area contributed by atoms with Crippen molar-refractivity contribution >= 4 is 18.5 Å². The second kappa shape index (κ2) is 14.0. The van der Waals surface area contributed by atoms with Gasteiger partial charge in [-0.05, 0) is 121 Å². The van der Waals surface area contributed by atoms with E-state index in [1.54, 1.807) is 0 Å². The molecular weight excluding hydrogens is 522 g/mol.